The zero-order valence-electron chi connectivity index (χ0n) is 9.20. The van der Waals surface area contributed by atoms with E-state index < -0.39 is 0 Å². The van der Waals surface area contributed by atoms with Crippen molar-refractivity contribution in [3.8, 4) is 0 Å². The lowest BCUT2D eigenvalue weighted by atomic mass is 9.96. The Bertz CT molecular complexity index is 261. The molecule has 0 N–H and O–H groups in total. The van der Waals surface area contributed by atoms with Gasteiger partial charge in [0.25, 0.3) is 0 Å². The summed E-state index contributed by atoms with van der Waals surface area (Å²) in [4.78, 5) is 0. The smallest absolute Gasteiger partial charge is 0.0117 e. The molecule has 71 valence electrons. The van der Waals surface area contributed by atoms with Gasteiger partial charge in [-0.3, -0.25) is 0 Å². The minimum absolute atomic E-state index is 1.21. The SMILES string of the molecule is CCCCc1c(C)[c]c(C)cc1C. The van der Waals surface area contributed by atoms with Crippen molar-refractivity contribution in [3.05, 3.63) is 34.4 Å². The van der Waals surface area contributed by atoms with Gasteiger partial charge < -0.3 is 0 Å². The zero-order chi connectivity index (χ0) is 9.84. The molecule has 0 aliphatic carbocycles. The van der Waals surface area contributed by atoms with Crippen molar-refractivity contribution < 1.29 is 0 Å². The molecular weight excluding hydrogens is 156 g/mol. The summed E-state index contributed by atoms with van der Waals surface area (Å²) in [6, 6.07) is 5.62. The number of benzene rings is 1. The lowest BCUT2D eigenvalue weighted by Gasteiger charge is -2.09. The summed E-state index contributed by atoms with van der Waals surface area (Å²) in [5, 5.41) is 0. The fraction of sp³-hybridized carbons (Fsp3) is 0.538. The standard InChI is InChI=1S/C13H19/c1-5-6-7-13-11(3)8-10(2)9-12(13)4/h8H,5-7H2,1-4H3. The van der Waals surface area contributed by atoms with Crippen molar-refractivity contribution >= 4 is 0 Å². The van der Waals surface area contributed by atoms with Gasteiger partial charge in [0.1, 0.15) is 0 Å². The van der Waals surface area contributed by atoms with Gasteiger partial charge in [-0.05, 0) is 61.9 Å². The minimum atomic E-state index is 1.21. The van der Waals surface area contributed by atoms with E-state index in [1.807, 2.05) is 0 Å². The van der Waals surface area contributed by atoms with Crippen molar-refractivity contribution in [3.63, 3.8) is 0 Å². The molecule has 0 spiro atoms. The lowest BCUT2D eigenvalue weighted by molar-refractivity contribution is 0.786. The third-order valence-corrected chi connectivity index (χ3v) is 2.53. The van der Waals surface area contributed by atoms with Gasteiger partial charge in [0, 0.05) is 0 Å². The van der Waals surface area contributed by atoms with Crippen LogP contribution in [0.5, 0.6) is 0 Å². The number of aryl methyl sites for hydroxylation is 3. The van der Waals surface area contributed by atoms with Crippen LogP contribution < -0.4 is 0 Å². The van der Waals surface area contributed by atoms with Gasteiger partial charge >= 0.3 is 0 Å². The molecule has 0 bridgehead atoms. The quantitative estimate of drug-likeness (QED) is 0.656. The Morgan fingerprint density at radius 3 is 2.46 bits per heavy atom. The Morgan fingerprint density at radius 2 is 1.92 bits per heavy atom. The van der Waals surface area contributed by atoms with Crippen LogP contribution in [0.25, 0.3) is 0 Å². The van der Waals surface area contributed by atoms with Gasteiger partial charge in [0.2, 0.25) is 0 Å². The molecule has 0 saturated carbocycles. The Balaban J connectivity index is 2.92. The summed E-state index contributed by atoms with van der Waals surface area (Å²) in [5.74, 6) is 0. The van der Waals surface area contributed by atoms with Crippen molar-refractivity contribution in [1.29, 1.82) is 0 Å². The average Bonchev–Trinajstić information content (AvgIpc) is 2.02. The molecule has 13 heavy (non-hydrogen) atoms. The van der Waals surface area contributed by atoms with E-state index in [1.54, 1.807) is 0 Å². The second-order valence-corrected chi connectivity index (χ2v) is 3.84. The van der Waals surface area contributed by atoms with Crippen molar-refractivity contribution in [2.24, 2.45) is 0 Å². The summed E-state index contributed by atoms with van der Waals surface area (Å²) >= 11 is 0. The highest BCUT2D eigenvalue weighted by Crippen LogP contribution is 2.17. The van der Waals surface area contributed by atoms with Crippen molar-refractivity contribution in [2.45, 2.75) is 47.0 Å². The summed E-state index contributed by atoms with van der Waals surface area (Å²) in [6.07, 6.45) is 3.77. The maximum Gasteiger partial charge on any atom is -0.0117 e. The van der Waals surface area contributed by atoms with E-state index in [-0.39, 0.29) is 0 Å². The Hall–Kier alpha value is -0.780. The molecule has 0 amide bonds. The first kappa shape index (κ1) is 10.3. The zero-order valence-corrected chi connectivity index (χ0v) is 9.20. The lowest BCUT2D eigenvalue weighted by Crippen LogP contribution is -1.95. The predicted octanol–water partition coefficient (Wildman–Crippen LogP) is 3.75. The monoisotopic (exact) mass is 175 g/mol. The summed E-state index contributed by atoms with van der Waals surface area (Å²) in [6.45, 7) is 8.73. The van der Waals surface area contributed by atoms with E-state index in [1.165, 1.54) is 41.5 Å². The van der Waals surface area contributed by atoms with Gasteiger partial charge in [-0.1, -0.05) is 19.4 Å². The topological polar surface area (TPSA) is 0 Å². The number of hydrogen-bond acceptors (Lipinski definition) is 0. The van der Waals surface area contributed by atoms with Crippen molar-refractivity contribution in [1.82, 2.24) is 0 Å². The number of unbranched alkanes of at least 4 members (excludes halogenated alkanes) is 1. The normalized spacial score (nSPS) is 10.5. The van der Waals surface area contributed by atoms with Crippen LogP contribution in [0.2, 0.25) is 0 Å². The maximum atomic E-state index is 3.39. The largest absolute Gasteiger partial charge is 0.0654 e. The molecule has 0 unspecified atom stereocenters. The van der Waals surface area contributed by atoms with Crippen LogP contribution in [-0.4, -0.2) is 0 Å². The highest BCUT2D eigenvalue weighted by Gasteiger charge is 2.02. The third kappa shape index (κ3) is 2.58. The highest BCUT2D eigenvalue weighted by atomic mass is 14.1. The molecule has 1 aromatic rings. The Kier molecular flexibility index (Phi) is 3.53. The maximum absolute atomic E-state index is 3.39. The average molecular weight is 175 g/mol. The first-order valence-corrected chi connectivity index (χ1v) is 5.14. The summed E-state index contributed by atoms with van der Waals surface area (Å²) in [5.41, 5.74) is 5.54. The van der Waals surface area contributed by atoms with Crippen LogP contribution >= 0.6 is 0 Å². The molecular formula is C13H19. The number of hydrogen-bond donors (Lipinski definition) is 0. The van der Waals surface area contributed by atoms with Crippen LogP contribution in [0.15, 0.2) is 6.07 Å². The van der Waals surface area contributed by atoms with Gasteiger partial charge in [-0.15, -0.1) is 0 Å². The molecule has 1 aromatic carbocycles. The molecule has 0 heterocycles. The first-order valence-electron chi connectivity index (χ1n) is 5.14. The van der Waals surface area contributed by atoms with Crippen LogP contribution in [0, 0.1) is 26.8 Å². The molecule has 1 radical (unpaired) electrons. The molecule has 0 aliphatic rings. The molecule has 0 fully saturated rings. The Labute approximate surface area is 82.0 Å². The van der Waals surface area contributed by atoms with Crippen LogP contribution in [0.3, 0.4) is 0 Å². The number of rotatable bonds is 3. The molecule has 0 aliphatic heterocycles. The molecule has 1 rings (SSSR count). The predicted molar refractivity (Wildman–Crippen MR) is 58.1 cm³/mol. The molecule has 0 aromatic heterocycles. The van der Waals surface area contributed by atoms with E-state index in [2.05, 4.69) is 39.8 Å². The van der Waals surface area contributed by atoms with E-state index in [9.17, 15) is 0 Å². The fourth-order valence-electron chi connectivity index (χ4n) is 1.85. The third-order valence-electron chi connectivity index (χ3n) is 2.53. The van der Waals surface area contributed by atoms with Gasteiger partial charge in [0.15, 0.2) is 0 Å². The van der Waals surface area contributed by atoms with E-state index >= 15 is 0 Å². The second-order valence-electron chi connectivity index (χ2n) is 3.84. The van der Waals surface area contributed by atoms with Gasteiger partial charge in [0.05, 0.1) is 0 Å². The second kappa shape index (κ2) is 4.45. The highest BCUT2D eigenvalue weighted by molar-refractivity contribution is 5.36. The van der Waals surface area contributed by atoms with Crippen LogP contribution in [0.1, 0.15) is 42.0 Å². The van der Waals surface area contributed by atoms with Gasteiger partial charge in [-0.2, -0.15) is 0 Å². The van der Waals surface area contributed by atoms with E-state index in [0.717, 1.165) is 0 Å². The Morgan fingerprint density at radius 1 is 1.23 bits per heavy atom. The minimum Gasteiger partial charge on any atom is -0.0654 e. The van der Waals surface area contributed by atoms with Crippen LogP contribution in [-0.2, 0) is 6.42 Å². The molecule has 0 heteroatoms. The van der Waals surface area contributed by atoms with E-state index in [4.69, 9.17) is 0 Å². The molecule has 0 atom stereocenters. The van der Waals surface area contributed by atoms with Crippen LogP contribution in [0.4, 0.5) is 0 Å². The van der Waals surface area contributed by atoms with Crippen molar-refractivity contribution in [2.75, 3.05) is 0 Å². The molecule has 0 nitrogen and oxygen atoms in total. The summed E-state index contributed by atoms with van der Waals surface area (Å²) < 4.78 is 0. The first-order chi connectivity index (χ1) is 6.15. The summed E-state index contributed by atoms with van der Waals surface area (Å²) in [7, 11) is 0. The molecule has 0 saturated heterocycles. The fourth-order valence-corrected chi connectivity index (χ4v) is 1.85. The van der Waals surface area contributed by atoms with Gasteiger partial charge in [-0.25, -0.2) is 0 Å². The van der Waals surface area contributed by atoms with E-state index in [0.29, 0.717) is 0 Å².